The Kier molecular flexibility index (Phi) is 6.25. The van der Waals surface area contributed by atoms with Gasteiger partial charge in [0.25, 0.3) is 17.7 Å². The molecule has 210 valence electrons. The van der Waals surface area contributed by atoms with Crippen LogP contribution >= 0.6 is 0 Å². The number of alkyl halides is 2. The quantitative estimate of drug-likeness (QED) is 0.488. The summed E-state index contributed by atoms with van der Waals surface area (Å²) in [4.78, 5) is 42.5. The summed E-state index contributed by atoms with van der Waals surface area (Å²) in [5.74, 6) is -4.50. The Morgan fingerprint density at radius 3 is 2.46 bits per heavy atom. The molecule has 12 heteroatoms. The number of benzene rings is 2. The SMILES string of the molecule is COc1ccc(C(=O)Nc2cnn3c2C(=O)N(c2ccc(C(F)(F)C4CC4)cc2)[C@H]2CN(C(C)=O)C[C@@H]23)cc1C#N. The van der Waals surface area contributed by atoms with Gasteiger partial charge in [0.1, 0.15) is 11.8 Å². The Hall–Kier alpha value is -4.79. The van der Waals surface area contributed by atoms with Crippen LogP contribution in [0.2, 0.25) is 0 Å². The van der Waals surface area contributed by atoms with Crippen LogP contribution in [0, 0.1) is 17.2 Å². The normalized spacial score (nSPS) is 19.8. The first-order valence-electron chi connectivity index (χ1n) is 13.2. The van der Waals surface area contributed by atoms with Crippen LogP contribution in [0.1, 0.15) is 57.8 Å². The van der Waals surface area contributed by atoms with E-state index in [1.165, 1.54) is 72.3 Å². The average Bonchev–Trinajstić information content (AvgIpc) is 3.62. The van der Waals surface area contributed by atoms with Gasteiger partial charge in [-0.25, -0.2) is 8.78 Å². The molecule has 1 saturated carbocycles. The standard InChI is InChI=1S/C29H26F2N6O4/c1-16(38)35-14-23-24(15-35)37-26(22(13-33-37)34-27(39)17-3-10-25(41-2)18(11-17)12-32)28(40)36(23)21-8-6-20(7-9-21)29(30,31)19-4-5-19/h3,6-11,13,19,23-24H,4-5,14-15H2,1-2H3,(H,34,39)/t23-,24-/m0/s1. The molecular weight excluding hydrogens is 534 g/mol. The van der Waals surface area contributed by atoms with E-state index in [1.807, 2.05) is 6.07 Å². The minimum Gasteiger partial charge on any atom is -0.495 e. The average molecular weight is 561 g/mol. The Bertz CT molecular complexity index is 1610. The molecule has 0 radical (unpaired) electrons. The van der Waals surface area contributed by atoms with E-state index in [4.69, 9.17) is 4.74 Å². The summed E-state index contributed by atoms with van der Waals surface area (Å²) in [6.07, 6.45) is 2.34. The fraction of sp³-hybridized carbons (Fsp3) is 0.345. The third kappa shape index (κ3) is 4.38. The summed E-state index contributed by atoms with van der Waals surface area (Å²) in [6, 6.07) is 11.2. The highest BCUT2D eigenvalue weighted by atomic mass is 19.3. The predicted octanol–water partition coefficient (Wildman–Crippen LogP) is 3.95. The minimum atomic E-state index is -2.94. The number of likely N-dealkylation sites (tertiary alicyclic amines) is 1. The van der Waals surface area contributed by atoms with E-state index in [2.05, 4.69) is 10.4 Å². The molecule has 2 fully saturated rings. The molecule has 3 aromatic rings. The number of hydrogen-bond acceptors (Lipinski definition) is 6. The topological polar surface area (TPSA) is 121 Å². The lowest BCUT2D eigenvalue weighted by atomic mass is 10.0. The Morgan fingerprint density at radius 2 is 1.83 bits per heavy atom. The Labute approximate surface area is 234 Å². The number of aromatic nitrogens is 2. The van der Waals surface area contributed by atoms with Gasteiger partial charge in [0.2, 0.25) is 5.91 Å². The molecule has 2 atom stereocenters. The van der Waals surface area contributed by atoms with Crippen LogP contribution < -0.4 is 15.0 Å². The first-order chi connectivity index (χ1) is 19.6. The van der Waals surface area contributed by atoms with Crippen molar-refractivity contribution in [3.05, 3.63) is 71.0 Å². The number of anilines is 2. The molecule has 1 N–H and O–H groups in total. The molecule has 1 aromatic heterocycles. The number of methoxy groups -OCH3 is 1. The largest absolute Gasteiger partial charge is 0.495 e. The second-order valence-corrected chi connectivity index (χ2v) is 10.5. The van der Waals surface area contributed by atoms with Crippen molar-refractivity contribution in [2.75, 3.05) is 30.4 Å². The number of carbonyl (C=O) groups is 3. The van der Waals surface area contributed by atoms with Crippen LogP contribution in [-0.4, -0.2) is 58.6 Å². The van der Waals surface area contributed by atoms with Crippen molar-refractivity contribution in [3.8, 4) is 11.8 Å². The van der Waals surface area contributed by atoms with Gasteiger partial charge in [0, 0.05) is 42.7 Å². The van der Waals surface area contributed by atoms with Gasteiger partial charge in [-0.2, -0.15) is 10.4 Å². The van der Waals surface area contributed by atoms with Gasteiger partial charge in [-0.05, 0) is 43.2 Å². The number of ether oxygens (including phenoxy) is 1. The molecule has 0 unspecified atom stereocenters. The van der Waals surface area contributed by atoms with Crippen LogP contribution in [0.3, 0.4) is 0 Å². The predicted molar refractivity (Wildman–Crippen MR) is 143 cm³/mol. The van der Waals surface area contributed by atoms with Crippen molar-refractivity contribution in [2.24, 2.45) is 5.92 Å². The smallest absolute Gasteiger partial charge is 0.279 e. The molecule has 3 heterocycles. The Balaban J connectivity index is 1.35. The van der Waals surface area contributed by atoms with Crippen molar-refractivity contribution in [1.82, 2.24) is 14.7 Å². The molecule has 0 bridgehead atoms. The zero-order valence-corrected chi connectivity index (χ0v) is 22.3. The molecule has 1 saturated heterocycles. The summed E-state index contributed by atoms with van der Waals surface area (Å²) < 4.78 is 36.1. The van der Waals surface area contributed by atoms with E-state index < -0.39 is 35.7 Å². The van der Waals surface area contributed by atoms with E-state index in [0.717, 1.165) is 0 Å². The number of nitriles is 1. The number of nitrogens with zero attached hydrogens (tertiary/aromatic N) is 5. The summed E-state index contributed by atoms with van der Waals surface area (Å²) in [6.45, 7) is 1.97. The maximum atomic E-state index is 14.7. The molecule has 41 heavy (non-hydrogen) atoms. The zero-order chi connectivity index (χ0) is 29.1. The van der Waals surface area contributed by atoms with E-state index in [-0.39, 0.29) is 47.1 Å². The van der Waals surface area contributed by atoms with Crippen molar-refractivity contribution < 1.29 is 27.9 Å². The number of rotatable bonds is 6. The van der Waals surface area contributed by atoms with Gasteiger partial charge in [0.15, 0.2) is 5.69 Å². The molecule has 2 aromatic carbocycles. The molecule has 3 aliphatic rings. The summed E-state index contributed by atoms with van der Waals surface area (Å²) in [7, 11) is 1.42. The monoisotopic (exact) mass is 560 g/mol. The fourth-order valence-corrected chi connectivity index (χ4v) is 5.67. The first kappa shape index (κ1) is 26.4. The third-order valence-corrected chi connectivity index (χ3v) is 8.02. The molecule has 6 rings (SSSR count). The van der Waals surface area contributed by atoms with Crippen LogP contribution in [0.15, 0.2) is 48.7 Å². The summed E-state index contributed by atoms with van der Waals surface area (Å²) in [5.41, 5.74) is 0.909. The second-order valence-electron chi connectivity index (χ2n) is 10.5. The molecule has 3 amide bonds. The number of amides is 3. The molecule has 2 aliphatic heterocycles. The highest BCUT2D eigenvalue weighted by Crippen LogP contribution is 2.50. The lowest BCUT2D eigenvalue weighted by Gasteiger charge is -2.37. The number of fused-ring (bicyclic) bond motifs is 3. The molecule has 0 spiro atoms. The van der Waals surface area contributed by atoms with Crippen LogP contribution in [0.4, 0.5) is 20.2 Å². The van der Waals surface area contributed by atoms with Gasteiger partial charge in [-0.1, -0.05) is 12.1 Å². The van der Waals surface area contributed by atoms with E-state index >= 15 is 0 Å². The lowest BCUT2D eigenvalue weighted by molar-refractivity contribution is -0.127. The Morgan fingerprint density at radius 1 is 1.12 bits per heavy atom. The van der Waals surface area contributed by atoms with E-state index in [1.54, 1.807) is 4.90 Å². The van der Waals surface area contributed by atoms with E-state index in [0.29, 0.717) is 24.3 Å². The maximum Gasteiger partial charge on any atom is 0.279 e. The van der Waals surface area contributed by atoms with Crippen molar-refractivity contribution >= 4 is 29.1 Å². The van der Waals surface area contributed by atoms with Crippen molar-refractivity contribution in [3.63, 3.8) is 0 Å². The maximum absolute atomic E-state index is 14.7. The van der Waals surface area contributed by atoms with Gasteiger partial charge in [0.05, 0.1) is 36.6 Å². The number of nitrogens with one attached hydrogen (secondary N) is 1. The number of halogens is 2. The number of carbonyl (C=O) groups excluding carboxylic acids is 3. The molecular formula is C29H26F2N6O4. The fourth-order valence-electron chi connectivity index (χ4n) is 5.67. The molecule has 1 aliphatic carbocycles. The zero-order valence-electron chi connectivity index (χ0n) is 22.3. The van der Waals surface area contributed by atoms with Crippen LogP contribution in [-0.2, 0) is 10.7 Å². The highest BCUT2D eigenvalue weighted by molar-refractivity contribution is 6.13. The minimum absolute atomic E-state index is 0.101. The van der Waals surface area contributed by atoms with Gasteiger partial charge in [-0.3, -0.25) is 24.0 Å². The van der Waals surface area contributed by atoms with Crippen LogP contribution in [0.25, 0.3) is 0 Å². The third-order valence-electron chi connectivity index (χ3n) is 8.02. The first-order valence-corrected chi connectivity index (χ1v) is 13.2. The van der Waals surface area contributed by atoms with Crippen LogP contribution in [0.5, 0.6) is 5.75 Å². The van der Waals surface area contributed by atoms with Gasteiger partial charge >= 0.3 is 0 Å². The van der Waals surface area contributed by atoms with Crippen molar-refractivity contribution in [2.45, 2.75) is 37.8 Å². The summed E-state index contributed by atoms with van der Waals surface area (Å²) in [5, 5.41) is 16.5. The molecule has 10 nitrogen and oxygen atoms in total. The van der Waals surface area contributed by atoms with Gasteiger partial charge < -0.3 is 15.0 Å². The summed E-state index contributed by atoms with van der Waals surface area (Å²) >= 11 is 0. The van der Waals surface area contributed by atoms with Gasteiger partial charge in [-0.15, -0.1) is 0 Å². The van der Waals surface area contributed by atoms with E-state index in [9.17, 15) is 28.4 Å². The number of hydrogen-bond donors (Lipinski definition) is 1. The highest BCUT2D eigenvalue weighted by Gasteiger charge is 2.50. The second kappa shape index (κ2) is 9.69. The lowest BCUT2D eigenvalue weighted by Crippen LogP contribution is -2.51. The van der Waals surface area contributed by atoms with Crippen molar-refractivity contribution in [1.29, 1.82) is 5.26 Å².